The van der Waals surface area contributed by atoms with E-state index in [4.69, 9.17) is 5.11 Å². The lowest BCUT2D eigenvalue weighted by atomic mass is 10.1. The normalized spacial score (nSPS) is 18.1. The third-order valence-corrected chi connectivity index (χ3v) is 5.31. The molecule has 1 aliphatic heterocycles. The summed E-state index contributed by atoms with van der Waals surface area (Å²) in [5.41, 5.74) is 2.65. The molecule has 1 aromatic heterocycles. The minimum Gasteiger partial charge on any atom is -0.394 e. The largest absolute Gasteiger partial charge is 0.394 e. The molecular formula is C20H25N5O5. The smallest absolute Gasteiger partial charge is 0.279 e. The number of fused-ring (bicyclic) bond motifs is 2. The van der Waals surface area contributed by atoms with Gasteiger partial charge in [-0.25, -0.2) is 9.98 Å². The van der Waals surface area contributed by atoms with Crippen molar-refractivity contribution in [2.75, 3.05) is 23.4 Å². The summed E-state index contributed by atoms with van der Waals surface area (Å²) in [6.45, 7) is 4.74. The quantitative estimate of drug-likeness (QED) is 0.321. The fourth-order valence-corrected chi connectivity index (χ4v) is 3.46. The molecule has 160 valence electrons. The van der Waals surface area contributed by atoms with E-state index >= 15 is 0 Å². The Morgan fingerprint density at radius 2 is 2.03 bits per heavy atom. The van der Waals surface area contributed by atoms with Gasteiger partial charge >= 0.3 is 0 Å². The molecule has 1 aliphatic carbocycles. The molecule has 0 amide bonds. The first kappa shape index (κ1) is 20.5. The van der Waals surface area contributed by atoms with E-state index in [0.29, 0.717) is 17.4 Å². The summed E-state index contributed by atoms with van der Waals surface area (Å²) < 4.78 is 0. The number of aromatic amines is 1. The van der Waals surface area contributed by atoms with Crippen LogP contribution in [-0.2, 0) is 0 Å². The second-order valence-corrected chi connectivity index (χ2v) is 7.79. The zero-order chi connectivity index (χ0) is 21.6. The molecule has 0 bridgehead atoms. The lowest BCUT2D eigenvalue weighted by Gasteiger charge is -2.32. The summed E-state index contributed by atoms with van der Waals surface area (Å²) >= 11 is 0. The average Bonchev–Trinajstić information content (AvgIpc) is 3.52. The molecule has 4 rings (SSSR count). The number of aromatic nitrogens is 2. The van der Waals surface area contributed by atoms with Crippen LogP contribution in [0, 0.1) is 6.92 Å². The maximum Gasteiger partial charge on any atom is 0.279 e. The lowest BCUT2D eigenvalue weighted by molar-refractivity contribution is -0.0726. The van der Waals surface area contributed by atoms with Crippen molar-refractivity contribution in [1.29, 1.82) is 0 Å². The van der Waals surface area contributed by atoms with E-state index in [1.807, 2.05) is 19.1 Å². The number of H-pyrrole nitrogens is 1. The molecule has 0 radical (unpaired) electrons. The summed E-state index contributed by atoms with van der Waals surface area (Å²) in [6, 6.07) is 4.14. The van der Waals surface area contributed by atoms with Gasteiger partial charge in [0.2, 0.25) is 0 Å². The fourth-order valence-electron chi connectivity index (χ4n) is 3.46. The predicted octanol–water partition coefficient (Wildman–Crippen LogP) is -1.46. The molecular weight excluding hydrogens is 390 g/mol. The molecule has 30 heavy (non-hydrogen) atoms. The first-order chi connectivity index (χ1) is 14.3. The predicted molar refractivity (Wildman–Crippen MR) is 111 cm³/mol. The van der Waals surface area contributed by atoms with Gasteiger partial charge in [0.25, 0.3) is 5.56 Å². The minimum absolute atomic E-state index is 0.0709. The summed E-state index contributed by atoms with van der Waals surface area (Å²) in [6.07, 6.45) is -2.33. The molecule has 2 heterocycles. The third kappa shape index (κ3) is 3.82. The Balaban J connectivity index is 1.83. The number of nitrogens with one attached hydrogen (secondary N) is 2. The number of aliphatic hydroxyl groups is 4. The van der Waals surface area contributed by atoms with Crippen molar-refractivity contribution in [1.82, 2.24) is 9.97 Å². The Bertz CT molecular complexity index is 1130. The molecule has 0 saturated heterocycles. The second-order valence-electron chi connectivity index (χ2n) is 7.79. The highest BCUT2D eigenvalue weighted by Crippen LogP contribution is 2.40. The monoisotopic (exact) mass is 415 g/mol. The van der Waals surface area contributed by atoms with Gasteiger partial charge in [0.1, 0.15) is 23.8 Å². The number of β-amino-alcohol motifs (C(OH)–C–C–N with tert-alkyl or cyclic N) is 1. The first-order valence-electron chi connectivity index (χ1n) is 9.80. The molecule has 1 saturated carbocycles. The Morgan fingerprint density at radius 1 is 1.30 bits per heavy atom. The van der Waals surface area contributed by atoms with Crippen LogP contribution in [0.1, 0.15) is 18.4 Å². The Labute approximate surface area is 171 Å². The summed E-state index contributed by atoms with van der Waals surface area (Å²) in [4.78, 5) is 25.3. The maximum atomic E-state index is 12.5. The van der Waals surface area contributed by atoms with E-state index in [2.05, 4.69) is 26.9 Å². The van der Waals surface area contributed by atoms with Gasteiger partial charge in [-0.3, -0.25) is 4.79 Å². The van der Waals surface area contributed by atoms with Gasteiger partial charge in [-0.15, -0.1) is 0 Å². The van der Waals surface area contributed by atoms with Crippen LogP contribution < -0.4 is 26.6 Å². The number of rotatable bonds is 7. The highest BCUT2D eigenvalue weighted by Gasteiger charge is 2.31. The Kier molecular flexibility index (Phi) is 5.33. The number of hydrogen-bond donors (Lipinski definition) is 6. The second kappa shape index (κ2) is 7.80. The Hall–Kier alpha value is -2.79. The van der Waals surface area contributed by atoms with Crippen LogP contribution in [0.15, 0.2) is 21.9 Å². The number of hydrogen-bond acceptors (Lipinski definition) is 9. The highest BCUT2D eigenvalue weighted by molar-refractivity contribution is 5.80. The van der Waals surface area contributed by atoms with Crippen LogP contribution in [0.5, 0.6) is 0 Å². The minimum atomic E-state index is -1.59. The van der Waals surface area contributed by atoms with Gasteiger partial charge in [-0.1, -0.05) is 6.58 Å². The van der Waals surface area contributed by atoms with E-state index in [1.54, 1.807) is 4.90 Å². The molecule has 0 spiro atoms. The van der Waals surface area contributed by atoms with Gasteiger partial charge in [-0.05, 0) is 37.5 Å². The Morgan fingerprint density at radius 3 is 2.70 bits per heavy atom. The van der Waals surface area contributed by atoms with Crippen molar-refractivity contribution < 1.29 is 20.4 Å². The van der Waals surface area contributed by atoms with Crippen LogP contribution >= 0.6 is 0 Å². The summed E-state index contributed by atoms with van der Waals surface area (Å²) in [5.74, 6) is 0.196. The number of aryl methyl sites for hydroxylation is 1. The van der Waals surface area contributed by atoms with E-state index in [1.165, 1.54) is 0 Å². The number of nitrogens with zero attached hydrogens (tertiary/aromatic N) is 3. The summed E-state index contributed by atoms with van der Waals surface area (Å²) in [7, 11) is 0. The maximum absolute atomic E-state index is 12.5. The van der Waals surface area contributed by atoms with Crippen molar-refractivity contribution in [3.05, 3.63) is 38.9 Å². The molecule has 0 unspecified atom stereocenters. The van der Waals surface area contributed by atoms with Crippen molar-refractivity contribution in [3.8, 4) is 0 Å². The van der Waals surface area contributed by atoms with Gasteiger partial charge in [0.15, 0.2) is 11.2 Å². The zero-order valence-electron chi connectivity index (χ0n) is 16.5. The molecule has 6 N–H and O–H groups in total. The van der Waals surface area contributed by atoms with Crippen molar-refractivity contribution >= 4 is 29.5 Å². The lowest BCUT2D eigenvalue weighted by Crippen LogP contribution is -2.48. The van der Waals surface area contributed by atoms with E-state index in [9.17, 15) is 20.1 Å². The standard InChI is InChI=1S/C20H25N5O5/c1-9-5-13-14(6-12(9)23-11-3-4-11)25(7-15(27)18(29)16(28)8-26)19-17(24-13)20(30)22-10(2)21-19/h5-6,11,15-16,18,23,26-29H,2-4,7-8H2,1H3,(H,22,30)/t15-,16+,18-/m0/s1. The van der Waals surface area contributed by atoms with Crippen molar-refractivity contribution in [2.24, 2.45) is 4.99 Å². The van der Waals surface area contributed by atoms with Gasteiger partial charge in [0.05, 0.1) is 24.5 Å². The topological polar surface area (TPSA) is 154 Å². The SMILES string of the molecule is C=c1nc2c(c(=O)[nH]1)=Nc1cc(C)c(NC3CC3)cc1N2C[C@H](O)[C@H](O)[C@H](O)CO. The molecule has 2 aromatic rings. The molecule has 3 atom stereocenters. The van der Waals surface area contributed by atoms with E-state index < -0.39 is 30.5 Å². The molecule has 10 heteroatoms. The van der Waals surface area contributed by atoms with Gasteiger partial charge in [-0.2, -0.15) is 0 Å². The first-order valence-corrected chi connectivity index (χ1v) is 9.80. The molecule has 2 aliphatic rings. The van der Waals surface area contributed by atoms with Crippen molar-refractivity contribution in [2.45, 2.75) is 44.1 Å². The van der Waals surface area contributed by atoms with Crippen molar-refractivity contribution in [3.63, 3.8) is 0 Å². The number of benzene rings is 1. The van der Waals surface area contributed by atoms with Crippen LogP contribution in [0.25, 0.3) is 6.58 Å². The van der Waals surface area contributed by atoms with E-state index in [-0.39, 0.29) is 23.2 Å². The van der Waals surface area contributed by atoms with Crippen LogP contribution in [0.2, 0.25) is 0 Å². The number of anilines is 3. The van der Waals surface area contributed by atoms with Crippen LogP contribution in [-0.4, -0.2) is 67.9 Å². The van der Waals surface area contributed by atoms with Gasteiger partial charge in [0, 0.05) is 11.7 Å². The number of aliphatic hydroxyl groups excluding tert-OH is 4. The fraction of sp³-hybridized carbons (Fsp3) is 0.450. The molecule has 1 aromatic carbocycles. The zero-order valence-corrected chi connectivity index (χ0v) is 16.5. The summed E-state index contributed by atoms with van der Waals surface area (Å²) in [5, 5.41) is 42.9. The molecule has 10 nitrogen and oxygen atoms in total. The van der Waals surface area contributed by atoms with Crippen LogP contribution in [0.3, 0.4) is 0 Å². The van der Waals surface area contributed by atoms with Gasteiger partial charge < -0.3 is 35.6 Å². The third-order valence-electron chi connectivity index (χ3n) is 5.31. The highest BCUT2D eigenvalue weighted by atomic mass is 16.4. The van der Waals surface area contributed by atoms with E-state index in [0.717, 1.165) is 24.1 Å². The average molecular weight is 415 g/mol. The van der Waals surface area contributed by atoms with Crippen LogP contribution in [0.4, 0.5) is 22.9 Å². The molecule has 1 fully saturated rings.